The second-order valence-corrected chi connectivity index (χ2v) is 6.40. The van der Waals surface area contributed by atoms with E-state index in [-0.39, 0.29) is 5.78 Å². The number of ketones is 1. The molecule has 0 bridgehead atoms. The van der Waals surface area contributed by atoms with Crippen molar-refractivity contribution in [1.82, 2.24) is 4.57 Å². The van der Waals surface area contributed by atoms with E-state index in [2.05, 4.69) is 44.6 Å². The predicted molar refractivity (Wildman–Crippen MR) is 88.7 cm³/mol. The maximum Gasteiger partial charge on any atom is 0.170 e. The van der Waals surface area contributed by atoms with Crippen molar-refractivity contribution in [3.63, 3.8) is 0 Å². The Morgan fingerprint density at radius 1 is 1.14 bits per heavy atom. The Bertz CT molecular complexity index is 625. The van der Waals surface area contributed by atoms with Gasteiger partial charge in [0, 0.05) is 29.2 Å². The Kier molecular flexibility index (Phi) is 4.84. The minimum absolute atomic E-state index is 0.265. The van der Waals surface area contributed by atoms with Crippen molar-refractivity contribution in [1.29, 1.82) is 0 Å². The summed E-state index contributed by atoms with van der Waals surface area (Å²) in [6.07, 6.45) is 3.79. The first-order valence-corrected chi connectivity index (χ1v) is 7.91. The summed E-state index contributed by atoms with van der Waals surface area (Å²) in [5, 5.41) is 1.09. The quantitative estimate of drug-likeness (QED) is 0.562. The van der Waals surface area contributed by atoms with Gasteiger partial charge in [-0.05, 0) is 19.4 Å². The summed E-state index contributed by atoms with van der Waals surface area (Å²) in [6, 6.07) is 8.19. The Balaban J connectivity index is 2.20. The van der Waals surface area contributed by atoms with Crippen molar-refractivity contribution in [2.75, 3.05) is 27.2 Å². The third-order valence-electron chi connectivity index (χ3n) is 4.20. The predicted octanol–water partition coefficient (Wildman–Crippen LogP) is 3.72. The van der Waals surface area contributed by atoms with Gasteiger partial charge >= 0.3 is 0 Å². The third kappa shape index (κ3) is 3.53. The minimum Gasteiger partial charge on any atom is -0.347 e. The molecule has 0 spiro atoms. The molecule has 0 atom stereocenters. The van der Waals surface area contributed by atoms with Gasteiger partial charge in [-0.25, -0.2) is 0 Å². The van der Waals surface area contributed by atoms with E-state index in [1.54, 1.807) is 0 Å². The van der Waals surface area contributed by atoms with E-state index in [4.69, 9.17) is 0 Å². The molecule has 3 nitrogen and oxygen atoms in total. The van der Waals surface area contributed by atoms with Gasteiger partial charge in [0.25, 0.3) is 0 Å². The van der Waals surface area contributed by atoms with E-state index in [0.29, 0.717) is 6.42 Å². The second-order valence-electron chi connectivity index (χ2n) is 6.40. The number of fused-ring (bicyclic) bond motifs is 1. The van der Waals surface area contributed by atoms with E-state index in [1.807, 2.05) is 18.3 Å². The number of nitrogens with zero attached hydrogens (tertiary/aromatic N) is 2. The second kappa shape index (κ2) is 6.44. The van der Waals surface area contributed by atoms with Crippen LogP contribution in [0.5, 0.6) is 0 Å². The number of benzene rings is 1. The van der Waals surface area contributed by atoms with Gasteiger partial charge in [-0.15, -0.1) is 0 Å². The summed E-state index contributed by atoms with van der Waals surface area (Å²) < 4.78 is 3.07. The summed E-state index contributed by atoms with van der Waals surface area (Å²) in [4.78, 5) is 12.6. The Morgan fingerprint density at radius 2 is 1.86 bits per heavy atom. The van der Waals surface area contributed by atoms with Gasteiger partial charge in [0.05, 0.1) is 33.6 Å². The molecule has 0 N–H and O–H groups in total. The standard InChI is InChI=1S/C18H27N2O/c1-5-12-20(3,4)13-11-18(21)16-14-19(6-2)17-10-8-7-9-15(16)17/h7-10,14H,5-6,11-13H2,1-4H3/q+1. The molecule has 2 rings (SSSR count). The molecule has 0 aliphatic carbocycles. The van der Waals surface area contributed by atoms with Crippen LogP contribution in [0.4, 0.5) is 0 Å². The summed E-state index contributed by atoms with van der Waals surface area (Å²) in [7, 11) is 4.40. The van der Waals surface area contributed by atoms with Crippen LogP contribution < -0.4 is 0 Å². The number of hydrogen-bond donors (Lipinski definition) is 0. The molecule has 0 aliphatic heterocycles. The molecular weight excluding hydrogens is 260 g/mol. The van der Waals surface area contributed by atoms with Crippen LogP contribution in [0, 0.1) is 0 Å². The van der Waals surface area contributed by atoms with Crippen LogP contribution in [0.25, 0.3) is 10.9 Å². The number of quaternary nitrogens is 1. The summed E-state index contributed by atoms with van der Waals surface area (Å²) in [5.41, 5.74) is 2.04. The first kappa shape index (κ1) is 15.8. The highest BCUT2D eigenvalue weighted by atomic mass is 16.1. The maximum absolute atomic E-state index is 12.6. The monoisotopic (exact) mass is 287 g/mol. The highest BCUT2D eigenvalue weighted by molar-refractivity contribution is 6.08. The molecular formula is C18H27N2O+. The largest absolute Gasteiger partial charge is 0.347 e. The molecule has 1 aromatic carbocycles. The lowest BCUT2D eigenvalue weighted by atomic mass is 10.1. The Morgan fingerprint density at radius 3 is 2.52 bits per heavy atom. The fourth-order valence-corrected chi connectivity index (χ4v) is 2.99. The molecule has 0 amide bonds. The zero-order chi connectivity index (χ0) is 15.5. The van der Waals surface area contributed by atoms with Crippen LogP contribution in [0.3, 0.4) is 0 Å². The van der Waals surface area contributed by atoms with Gasteiger partial charge in [-0.3, -0.25) is 4.79 Å². The lowest BCUT2D eigenvalue weighted by Crippen LogP contribution is -2.41. The average Bonchev–Trinajstić information content (AvgIpc) is 2.84. The molecule has 1 heterocycles. The number of aryl methyl sites for hydroxylation is 1. The molecule has 2 aromatic rings. The minimum atomic E-state index is 0.265. The van der Waals surface area contributed by atoms with Crippen LogP contribution in [0.1, 0.15) is 37.0 Å². The van der Waals surface area contributed by atoms with E-state index in [1.165, 1.54) is 0 Å². The van der Waals surface area contributed by atoms with Crippen LogP contribution in [-0.2, 0) is 6.54 Å². The van der Waals surface area contributed by atoms with Gasteiger partial charge in [-0.1, -0.05) is 25.1 Å². The number of aromatic nitrogens is 1. The van der Waals surface area contributed by atoms with Crippen LogP contribution >= 0.6 is 0 Å². The highest BCUT2D eigenvalue weighted by Crippen LogP contribution is 2.22. The Hall–Kier alpha value is -1.61. The molecule has 1 aromatic heterocycles. The molecule has 21 heavy (non-hydrogen) atoms. The van der Waals surface area contributed by atoms with E-state index in [0.717, 1.165) is 47.0 Å². The van der Waals surface area contributed by atoms with Gasteiger partial charge < -0.3 is 9.05 Å². The number of rotatable bonds is 7. The number of carbonyl (C=O) groups is 1. The third-order valence-corrected chi connectivity index (χ3v) is 4.20. The van der Waals surface area contributed by atoms with Crippen molar-refractivity contribution in [2.24, 2.45) is 0 Å². The number of para-hydroxylation sites is 1. The van der Waals surface area contributed by atoms with Gasteiger partial charge in [0.15, 0.2) is 5.78 Å². The summed E-state index contributed by atoms with van der Waals surface area (Å²) in [6.45, 7) is 7.21. The number of Topliss-reactive ketones (excluding diaryl/α,β-unsaturated/α-hetero) is 1. The van der Waals surface area contributed by atoms with E-state index < -0.39 is 0 Å². The van der Waals surface area contributed by atoms with Crippen molar-refractivity contribution in [3.8, 4) is 0 Å². The zero-order valence-corrected chi connectivity index (χ0v) is 13.7. The van der Waals surface area contributed by atoms with Crippen LogP contribution in [0.2, 0.25) is 0 Å². The normalized spacial score (nSPS) is 12.0. The summed E-state index contributed by atoms with van der Waals surface area (Å²) >= 11 is 0. The molecule has 0 aliphatic rings. The smallest absolute Gasteiger partial charge is 0.170 e. The maximum atomic E-state index is 12.6. The molecule has 0 fully saturated rings. The lowest BCUT2D eigenvalue weighted by molar-refractivity contribution is -0.889. The average molecular weight is 287 g/mol. The molecule has 0 unspecified atom stereocenters. The fraction of sp³-hybridized carbons (Fsp3) is 0.500. The molecule has 0 radical (unpaired) electrons. The van der Waals surface area contributed by atoms with Gasteiger partial charge in [0.2, 0.25) is 0 Å². The molecule has 0 saturated heterocycles. The topological polar surface area (TPSA) is 22.0 Å². The van der Waals surface area contributed by atoms with Crippen molar-refractivity contribution in [3.05, 3.63) is 36.0 Å². The first-order chi connectivity index (χ1) is 9.98. The van der Waals surface area contributed by atoms with Crippen LogP contribution in [-0.4, -0.2) is 42.0 Å². The lowest BCUT2D eigenvalue weighted by Gasteiger charge is -2.29. The van der Waals surface area contributed by atoms with E-state index in [9.17, 15) is 4.79 Å². The highest BCUT2D eigenvalue weighted by Gasteiger charge is 2.19. The first-order valence-electron chi connectivity index (χ1n) is 7.91. The zero-order valence-electron chi connectivity index (χ0n) is 13.7. The van der Waals surface area contributed by atoms with Crippen LogP contribution in [0.15, 0.2) is 30.5 Å². The number of carbonyl (C=O) groups excluding carboxylic acids is 1. The van der Waals surface area contributed by atoms with E-state index >= 15 is 0 Å². The SMILES string of the molecule is CCC[N+](C)(C)CCC(=O)c1cn(CC)c2ccccc12. The molecule has 3 heteroatoms. The van der Waals surface area contributed by atoms with Crippen molar-refractivity contribution >= 4 is 16.7 Å². The fourth-order valence-electron chi connectivity index (χ4n) is 2.99. The van der Waals surface area contributed by atoms with Crippen molar-refractivity contribution < 1.29 is 9.28 Å². The van der Waals surface area contributed by atoms with Gasteiger partial charge in [0.1, 0.15) is 0 Å². The number of hydrogen-bond acceptors (Lipinski definition) is 1. The van der Waals surface area contributed by atoms with Gasteiger partial charge in [-0.2, -0.15) is 0 Å². The molecule has 0 saturated carbocycles. The van der Waals surface area contributed by atoms with Crippen molar-refractivity contribution in [2.45, 2.75) is 33.2 Å². The molecule has 114 valence electrons. The Labute approximate surface area is 127 Å². The summed E-state index contributed by atoms with van der Waals surface area (Å²) in [5.74, 6) is 0.265.